The van der Waals surface area contributed by atoms with Crippen molar-refractivity contribution in [3.8, 4) is 0 Å². The number of nitrogen functional groups attached to an aromatic ring is 1. The van der Waals surface area contributed by atoms with E-state index >= 15 is 0 Å². The molecule has 0 amide bonds. The Hall–Kier alpha value is -2.03. The number of nitrogens with two attached hydrogens (primary N) is 1. The highest BCUT2D eigenvalue weighted by atomic mass is 15.1. The molecule has 0 spiro atoms. The van der Waals surface area contributed by atoms with Crippen LogP contribution in [0.25, 0.3) is 0 Å². The van der Waals surface area contributed by atoms with Gasteiger partial charge in [0.15, 0.2) is 0 Å². The second-order valence-electron chi connectivity index (χ2n) is 5.57. The highest BCUT2D eigenvalue weighted by molar-refractivity contribution is 5.56. The number of anilines is 2. The molecule has 0 radical (unpaired) electrons. The Morgan fingerprint density at radius 3 is 2.45 bits per heavy atom. The SMILES string of the molecule is Cc1ccc(N(C)Cc2ncc(C)c(N)c2C)c(C)c1. The molecule has 0 unspecified atom stereocenters. The van der Waals surface area contributed by atoms with Crippen molar-refractivity contribution < 1.29 is 0 Å². The van der Waals surface area contributed by atoms with Crippen LogP contribution in [0.2, 0.25) is 0 Å². The second kappa shape index (κ2) is 5.53. The van der Waals surface area contributed by atoms with E-state index in [4.69, 9.17) is 5.73 Å². The van der Waals surface area contributed by atoms with E-state index in [0.717, 1.165) is 29.1 Å². The standard InChI is InChI=1S/C17H23N3/c1-11-6-7-16(12(2)8-11)20(5)10-15-14(4)17(18)13(3)9-19-15/h6-9H,10H2,1-5H3,(H2,18,19). The van der Waals surface area contributed by atoms with Crippen LogP contribution in [0, 0.1) is 27.7 Å². The number of aromatic nitrogens is 1. The highest BCUT2D eigenvalue weighted by Gasteiger charge is 2.10. The fourth-order valence-corrected chi connectivity index (χ4v) is 2.50. The van der Waals surface area contributed by atoms with Gasteiger partial charge < -0.3 is 10.6 Å². The summed E-state index contributed by atoms with van der Waals surface area (Å²) in [5.41, 5.74) is 13.9. The molecular formula is C17H23N3. The molecule has 0 bridgehead atoms. The number of nitrogens with zero attached hydrogens (tertiary/aromatic N) is 2. The van der Waals surface area contributed by atoms with Gasteiger partial charge in [0.25, 0.3) is 0 Å². The third kappa shape index (κ3) is 2.77. The van der Waals surface area contributed by atoms with Gasteiger partial charge in [-0.3, -0.25) is 4.98 Å². The third-order valence-electron chi connectivity index (χ3n) is 3.83. The predicted octanol–water partition coefficient (Wildman–Crippen LogP) is 3.53. The van der Waals surface area contributed by atoms with Crippen molar-refractivity contribution in [2.45, 2.75) is 34.2 Å². The zero-order chi connectivity index (χ0) is 14.9. The number of rotatable bonds is 3. The lowest BCUT2D eigenvalue weighted by atomic mass is 10.1. The summed E-state index contributed by atoms with van der Waals surface area (Å²) in [7, 11) is 2.09. The largest absolute Gasteiger partial charge is 0.398 e. The number of pyridine rings is 1. The molecular weight excluding hydrogens is 246 g/mol. The number of hydrogen-bond donors (Lipinski definition) is 1. The normalized spacial score (nSPS) is 10.7. The zero-order valence-electron chi connectivity index (χ0n) is 13.0. The van der Waals surface area contributed by atoms with Gasteiger partial charge in [0.2, 0.25) is 0 Å². The smallest absolute Gasteiger partial charge is 0.0646 e. The van der Waals surface area contributed by atoms with Crippen molar-refractivity contribution in [3.05, 3.63) is 52.3 Å². The average molecular weight is 269 g/mol. The molecule has 0 aliphatic rings. The van der Waals surface area contributed by atoms with E-state index in [1.165, 1.54) is 16.8 Å². The van der Waals surface area contributed by atoms with Gasteiger partial charge in [0, 0.05) is 24.6 Å². The Morgan fingerprint density at radius 2 is 1.80 bits per heavy atom. The first-order valence-corrected chi connectivity index (χ1v) is 6.89. The van der Waals surface area contributed by atoms with Gasteiger partial charge in [-0.25, -0.2) is 0 Å². The van der Waals surface area contributed by atoms with E-state index in [1.54, 1.807) is 0 Å². The Kier molecular flexibility index (Phi) is 3.98. The molecule has 20 heavy (non-hydrogen) atoms. The number of hydrogen-bond acceptors (Lipinski definition) is 3. The summed E-state index contributed by atoms with van der Waals surface area (Å²) in [6.45, 7) is 9.06. The molecule has 106 valence electrons. The molecule has 2 rings (SSSR count). The quantitative estimate of drug-likeness (QED) is 0.926. The van der Waals surface area contributed by atoms with E-state index in [2.05, 4.69) is 49.0 Å². The van der Waals surface area contributed by atoms with Crippen LogP contribution in [0.5, 0.6) is 0 Å². The van der Waals surface area contributed by atoms with Crippen molar-refractivity contribution in [3.63, 3.8) is 0 Å². The zero-order valence-corrected chi connectivity index (χ0v) is 13.0. The molecule has 0 saturated heterocycles. The topological polar surface area (TPSA) is 42.2 Å². The van der Waals surface area contributed by atoms with E-state index in [0.29, 0.717) is 0 Å². The van der Waals surface area contributed by atoms with E-state index in [9.17, 15) is 0 Å². The monoisotopic (exact) mass is 269 g/mol. The van der Waals surface area contributed by atoms with Gasteiger partial charge in [-0.05, 0) is 50.5 Å². The van der Waals surface area contributed by atoms with Gasteiger partial charge in [-0.15, -0.1) is 0 Å². The van der Waals surface area contributed by atoms with Gasteiger partial charge >= 0.3 is 0 Å². The second-order valence-corrected chi connectivity index (χ2v) is 5.57. The summed E-state index contributed by atoms with van der Waals surface area (Å²) in [6, 6.07) is 6.51. The molecule has 2 N–H and O–H groups in total. The molecule has 0 aliphatic carbocycles. The maximum absolute atomic E-state index is 6.09. The lowest BCUT2D eigenvalue weighted by molar-refractivity contribution is 0.869. The lowest BCUT2D eigenvalue weighted by Crippen LogP contribution is -2.19. The molecule has 2 aromatic rings. The summed E-state index contributed by atoms with van der Waals surface area (Å²) in [5.74, 6) is 0. The molecule has 0 saturated carbocycles. The van der Waals surface area contributed by atoms with Crippen LogP contribution < -0.4 is 10.6 Å². The van der Waals surface area contributed by atoms with Crippen molar-refractivity contribution >= 4 is 11.4 Å². The van der Waals surface area contributed by atoms with Crippen LogP contribution in [0.15, 0.2) is 24.4 Å². The first-order valence-electron chi connectivity index (χ1n) is 6.89. The molecule has 0 fully saturated rings. The van der Waals surface area contributed by atoms with Gasteiger partial charge in [-0.1, -0.05) is 17.7 Å². The van der Waals surface area contributed by atoms with Crippen molar-refractivity contribution in [1.29, 1.82) is 0 Å². The van der Waals surface area contributed by atoms with E-state index in [-0.39, 0.29) is 0 Å². The summed E-state index contributed by atoms with van der Waals surface area (Å²) < 4.78 is 0. The molecule has 1 aromatic carbocycles. The van der Waals surface area contributed by atoms with Crippen LogP contribution in [0.4, 0.5) is 11.4 Å². The van der Waals surface area contributed by atoms with E-state index < -0.39 is 0 Å². The van der Waals surface area contributed by atoms with Crippen molar-refractivity contribution in [2.75, 3.05) is 17.7 Å². The van der Waals surface area contributed by atoms with Crippen LogP contribution in [0.1, 0.15) is 27.9 Å². The van der Waals surface area contributed by atoms with Gasteiger partial charge in [-0.2, -0.15) is 0 Å². The Bertz CT molecular complexity index is 632. The molecule has 0 aliphatic heterocycles. The average Bonchev–Trinajstić information content (AvgIpc) is 2.39. The molecule has 1 aromatic heterocycles. The van der Waals surface area contributed by atoms with Gasteiger partial charge in [0.05, 0.1) is 12.2 Å². The third-order valence-corrected chi connectivity index (χ3v) is 3.83. The molecule has 1 heterocycles. The fraction of sp³-hybridized carbons (Fsp3) is 0.353. The molecule has 0 atom stereocenters. The minimum absolute atomic E-state index is 0.764. The van der Waals surface area contributed by atoms with Crippen LogP contribution in [0.3, 0.4) is 0 Å². The first kappa shape index (κ1) is 14.4. The van der Waals surface area contributed by atoms with Crippen LogP contribution in [-0.4, -0.2) is 12.0 Å². The van der Waals surface area contributed by atoms with Crippen molar-refractivity contribution in [1.82, 2.24) is 4.98 Å². The minimum atomic E-state index is 0.764. The first-order chi connectivity index (χ1) is 9.40. The minimum Gasteiger partial charge on any atom is -0.398 e. The van der Waals surface area contributed by atoms with Crippen molar-refractivity contribution in [2.24, 2.45) is 0 Å². The molecule has 3 nitrogen and oxygen atoms in total. The fourth-order valence-electron chi connectivity index (χ4n) is 2.50. The molecule has 3 heteroatoms. The summed E-state index contributed by atoms with van der Waals surface area (Å²) in [6.07, 6.45) is 1.85. The number of benzene rings is 1. The maximum atomic E-state index is 6.09. The summed E-state index contributed by atoms with van der Waals surface area (Å²) >= 11 is 0. The van der Waals surface area contributed by atoms with Crippen LogP contribution in [-0.2, 0) is 6.54 Å². The highest BCUT2D eigenvalue weighted by Crippen LogP contribution is 2.24. The van der Waals surface area contributed by atoms with E-state index in [1.807, 2.05) is 20.0 Å². The maximum Gasteiger partial charge on any atom is 0.0646 e. The predicted molar refractivity (Wildman–Crippen MR) is 86.1 cm³/mol. The summed E-state index contributed by atoms with van der Waals surface area (Å²) in [4.78, 5) is 6.75. The number of aryl methyl sites for hydroxylation is 3. The Morgan fingerprint density at radius 1 is 1.10 bits per heavy atom. The van der Waals surface area contributed by atoms with Crippen LogP contribution >= 0.6 is 0 Å². The van der Waals surface area contributed by atoms with Gasteiger partial charge in [0.1, 0.15) is 0 Å². The summed E-state index contributed by atoms with van der Waals surface area (Å²) in [5, 5.41) is 0. The lowest BCUT2D eigenvalue weighted by Gasteiger charge is -2.23. The Balaban J connectivity index is 2.28. The Labute approximate surface area is 121 Å².